The minimum atomic E-state index is 0.0882. The number of nitrogens with one attached hydrogen (secondary N) is 2. The third-order valence-corrected chi connectivity index (χ3v) is 6.12. The Morgan fingerprint density at radius 2 is 1.58 bits per heavy atom. The van der Waals surface area contributed by atoms with Crippen molar-refractivity contribution in [2.45, 2.75) is 33.6 Å². The summed E-state index contributed by atoms with van der Waals surface area (Å²) in [5.41, 5.74) is 5.15. The van der Waals surface area contributed by atoms with Gasteiger partial charge >= 0.3 is 0 Å². The van der Waals surface area contributed by atoms with E-state index in [1.807, 2.05) is 98.6 Å². The van der Waals surface area contributed by atoms with Crippen LogP contribution in [-0.2, 0) is 0 Å². The lowest BCUT2D eigenvalue weighted by Gasteiger charge is -2.28. The van der Waals surface area contributed by atoms with Crippen LogP contribution >= 0.6 is 0 Å². The number of rotatable bonds is 7. The summed E-state index contributed by atoms with van der Waals surface area (Å²) in [6.07, 6.45) is 9.76. The van der Waals surface area contributed by atoms with Crippen LogP contribution in [0.2, 0.25) is 0 Å². The fourth-order valence-corrected chi connectivity index (χ4v) is 4.31. The Morgan fingerprint density at radius 3 is 2.13 bits per heavy atom. The van der Waals surface area contributed by atoms with Crippen LogP contribution in [0.4, 0.5) is 5.69 Å². The van der Waals surface area contributed by atoms with Gasteiger partial charge in [0.1, 0.15) is 0 Å². The van der Waals surface area contributed by atoms with Crippen molar-refractivity contribution < 1.29 is 4.79 Å². The Hall–Kier alpha value is -3.83. The first-order valence-electron chi connectivity index (χ1n) is 13.5. The number of nitrogens with zero attached hydrogens (tertiary/aromatic N) is 2. The van der Waals surface area contributed by atoms with E-state index in [-0.39, 0.29) is 11.8 Å². The number of piperazine rings is 1. The average molecular weight is 513 g/mol. The van der Waals surface area contributed by atoms with Gasteiger partial charge in [-0.3, -0.25) is 4.79 Å². The molecular formula is C33H44N4O. The highest BCUT2D eigenvalue weighted by molar-refractivity contribution is 5.96. The van der Waals surface area contributed by atoms with Gasteiger partial charge in [-0.25, -0.2) is 0 Å². The van der Waals surface area contributed by atoms with Crippen LogP contribution in [0.3, 0.4) is 0 Å². The molecule has 38 heavy (non-hydrogen) atoms. The second-order valence-corrected chi connectivity index (χ2v) is 8.71. The number of aromatic nitrogens is 1. The van der Waals surface area contributed by atoms with Crippen LogP contribution in [0.1, 0.15) is 48.4 Å². The van der Waals surface area contributed by atoms with Crippen molar-refractivity contribution in [2.24, 2.45) is 0 Å². The fraction of sp³-hybridized carbons (Fsp3) is 0.303. The lowest BCUT2D eigenvalue weighted by atomic mass is 10.0. The molecule has 1 unspecified atom stereocenters. The van der Waals surface area contributed by atoms with Gasteiger partial charge in [0, 0.05) is 61.9 Å². The zero-order chi connectivity index (χ0) is 27.8. The first-order valence-corrected chi connectivity index (χ1v) is 13.5. The SMILES string of the molecule is C=C/C=C\C=C/C(C)c1c(C(=O)N2CCNCC2)cc(C)n1-c1ccccc1.CC.CNc1ccccc1. The summed E-state index contributed by atoms with van der Waals surface area (Å²) in [5, 5.41) is 6.34. The minimum absolute atomic E-state index is 0.0882. The summed E-state index contributed by atoms with van der Waals surface area (Å²) in [6, 6.07) is 22.4. The quantitative estimate of drug-likeness (QED) is 0.336. The Labute approximate surface area is 229 Å². The number of para-hydroxylation sites is 2. The molecule has 4 rings (SSSR count). The molecule has 0 radical (unpaired) electrons. The number of carbonyl (C=O) groups excluding carboxylic acids is 1. The van der Waals surface area contributed by atoms with E-state index in [1.54, 1.807) is 6.08 Å². The molecule has 1 fully saturated rings. The molecule has 202 valence electrons. The van der Waals surface area contributed by atoms with Gasteiger partial charge < -0.3 is 20.1 Å². The van der Waals surface area contributed by atoms with Gasteiger partial charge in [0.25, 0.3) is 5.91 Å². The van der Waals surface area contributed by atoms with E-state index in [1.165, 1.54) is 0 Å². The molecule has 2 heterocycles. The molecule has 2 aromatic carbocycles. The van der Waals surface area contributed by atoms with Gasteiger partial charge in [0.05, 0.1) is 5.56 Å². The number of hydrogen-bond donors (Lipinski definition) is 2. The summed E-state index contributed by atoms with van der Waals surface area (Å²) in [5.74, 6) is 0.210. The largest absolute Gasteiger partial charge is 0.388 e. The fourth-order valence-electron chi connectivity index (χ4n) is 4.31. The second kappa shape index (κ2) is 16.8. The van der Waals surface area contributed by atoms with Gasteiger partial charge in [-0.15, -0.1) is 0 Å². The Balaban J connectivity index is 0.000000428. The van der Waals surface area contributed by atoms with E-state index in [0.717, 1.165) is 54.5 Å². The lowest BCUT2D eigenvalue weighted by Crippen LogP contribution is -2.46. The summed E-state index contributed by atoms with van der Waals surface area (Å²) in [4.78, 5) is 15.3. The normalized spacial score (nSPS) is 13.8. The van der Waals surface area contributed by atoms with E-state index >= 15 is 0 Å². The summed E-state index contributed by atoms with van der Waals surface area (Å²) in [6.45, 7) is 15.1. The van der Waals surface area contributed by atoms with E-state index < -0.39 is 0 Å². The number of carbonyl (C=O) groups is 1. The predicted octanol–water partition coefficient (Wildman–Crippen LogP) is 6.99. The zero-order valence-corrected chi connectivity index (χ0v) is 23.7. The molecule has 1 aliphatic heterocycles. The maximum Gasteiger partial charge on any atom is 0.255 e. The van der Waals surface area contributed by atoms with Gasteiger partial charge in [-0.1, -0.05) is 94.1 Å². The summed E-state index contributed by atoms with van der Waals surface area (Å²) >= 11 is 0. The second-order valence-electron chi connectivity index (χ2n) is 8.71. The number of amides is 1. The Bertz CT molecular complexity index is 1160. The van der Waals surface area contributed by atoms with Crippen molar-refractivity contribution in [1.82, 2.24) is 14.8 Å². The molecule has 3 aromatic rings. The molecule has 1 saturated heterocycles. The highest BCUT2D eigenvalue weighted by Gasteiger charge is 2.26. The highest BCUT2D eigenvalue weighted by Crippen LogP contribution is 2.30. The zero-order valence-electron chi connectivity index (χ0n) is 23.7. The molecule has 0 bridgehead atoms. The van der Waals surface area contributed by atoms with Crippen LogP contribution in [-0.4, -0.2) is 48.6 Å². The van der Waals surface area contributed by atoms with Gasteiger partial charge in [0.2, 0.25) is 0 Å². The van der Waals surface area contributed by atoms with E-state index in [4.69, 9.17) is 0 Å². The lowest BCUT2D eigenvalue weighted by molar-refractivity contribution is 0.0734. The van der Waals surface area contributed by atoms with Crippen LogP contribution in [0.5, 0.6) is 0 Å². The van der Waals surface area contributed by atoms with Crippen molar-refractivity contribution in [3.63, 3.8) is 0 Å². The third kappa shape index (κ3) is 8.63. The maximum atomic E-state index is 13.3. The molecule has 1 aromatic heterocycles. The smallest absolute Gasteiger partial charge is 0.255 e. The molecular weight excluding hydrogens is 468 g/mol. The van der Waals surface area contributed by atoms with Crippen molar-refractivity contribution in [3.8, 4) is 5.69 Å². The number of anilines is 1. The maximum absolute atomic E-state index is 13.3. The average Bonchev–Trinajstić information content (AvgIpc) is 3.34. The van der Waals surface area contributed by atoms with E-state index in [2.05, 4.69) is 53.8 Å². The molecule has 0 saturated carbocycles. The molecule has 1 aliphatic rings. The van der Waals surface area contributed by atoms with Crippen molar-refractivity contribution in [3.05, 3.63) is 121 Å². The number of aryl methyl sites for hydroxylation is 1. The Morgan fingerprint density at radius 1 is 0.974 bits per heavy atom. The molecule has 1 atom stereocenters. The Kier molecular flexibility index (Phi) is 13.5. The molecule has 5 heteroatoms. The predicted molar refractivity (Wildman–Crippen MR) is 164 cm³/mol. The van der Waals surface area contributed by atoms with Crippen LogP contribution in [0.25, 0.3) is 5.69 Å². The monoisotopic (exact) mass is 512 g/mol. The van der Waals surface area contributed by atoms with Gasteiger partial charge in [-0.05, 0) is 37.3 Å². The molecule has 2 N–H and O–H groups in total. The molecule has 0 aliphatic carbocycles. The first-order chi connectivity index (χ1) is 18.6. The van der Waals surface area contributed by atoms with Gasteiger partial charge in [-0.2, -0.15) is 0 Å². The highest BCUT2D eigenvalue weighted by atomic mass is 16.2. The standard InChI is InChI=1S/C24H29N3O.C7H9N.C2H6/c1-4-5-6-8-11-19(2)23-22(24(28)26-16-14-25-15-17-26)18-20(3)27(23)21-12-9-7-10-13-21;1-8-7-5-3-2-4-6-7;1-2/h4-13,18-19,25H,1,14-17H2,2-3H3;2-6,8H,1H3;1-2H3/b6-5-,11-8-;;. The van der Waals surface area contributed by atoms with E-state index in [0.29, 0.717) is 0 Å². The molecule has 5 nitrogen and oxygen atoms in total. The van der Waals surface area contributed by atoms with Crippen molar-refractivity contribution in [2.75, 3.05) is 38.5 Å². The number of allylic oxidation sites excluding steroid dienone is 5. The third-order valence-electron chi connectivity index (χ3n) is 6.12. The van der Waals surface area contributed by atoms with E-state index in [9.17, 15) is 4.79 Å². The van der Waals surface area contributed by atoms with Crippen LogP contribution in [0, 0.1) is 6.92 Å². The number of benzene rings is 2. The minimum Gasteiger partial charge on any atom is -0.388 e. The van der Waals surface area contributed by atoms with Crippen molar-refractivity contribution >= 4 is 11.6 Å². The van der Waals surface area contributed by atoms with Crippen LogP contribution < -0.4 is 10.6 Å². The van der Waals surface area contributed by atoms with Gasteiger partial charge in [0.15, 0.2) is 0 Å². The number of hydrogen-bond acceptors (Lipinski definition) is 3. The molecule has 0 spiro atoms. The summed E-state index contributed by atoms with van der Waals surface area (Å²) < 4.78 is 2.21. The molecule has 1 amide bonds. The van der Waals surface area contributed by atoms with Crippen molar-refractivity contribution in [1.29, 1.82) is 0 Å². The van der Waals surface area contributed by atoms with Crippen LogP contribution in [0.15, 0.2) is 104 Å². The summed E-state index contributed by atoms with van der Waals surface area (Å²) in [7, 11) is 1.91. The first kappa shape index (κ1) is 30.4. The topological polar surface area (TPSA) is 49.3 Å².